The first-order chi connectivity index (χ1) is 10.1. The van der Waals surface area contributed by atoms with E-state index in [2.05, 4.69) is 74.2 Å². The molecule has 3 nitrogen and oxygen atoms in total. The van der Waals surface area contributed by atoms with Crippen molar-refractivity contribution in [1.82, 2.24) is 5.32 Å². The van der Waals surface area contributed by atoms with Gasteiger partial charge in [0.25, 0.3) is 0 Å². The Morgan fingerprint density at radius 1 is 1.19 bits per heavy atom. The molecule has 0 saturated carbocycles. The van der Waals surface area contributed by atoms with Crippen LogP contribution in [-0.2, 0) is 0 Å². The van der Waals surface area contributed by atoms with Gasteiger partial charge in [0.15, 0.2) is 0 Å². The molecular weight excluding hydrogens is 258 g/mol. The minimum atomic E-state index is 0.255. The van der Waals surface area contributed by atoms with Crippen molar-refractivity contribution in [2.24, 2.45) is 0 Å². The van der Waals surface area contributed by atoms with Crippen molar-refractivity contribution in [2.75, 3.05) is 37.0 Å². The average molecular weight is 289 g/mol. The molecule has 1 N–H and O–H groups in total. The lowest BCUT2D eigenvalue weighted by Crippen LogP contribution is -2.64. The molecule has 1 aromatic rings. The highest BCUT2D eigenvalue weighted by Crippen LogP contribution is 2.34. The molecule has 1 aliphatic heterocycles. The number of nitrogens with one attached hydrogen (secondary N) is 1. The van der Waals surface area contributed by atoms with Crippen LogP contribution in [0.4, 0.5) is 11.4 Å². The number of hydrogen-bond donors (Lipinski definition) is 1. The fraction of sp³-hybridized carbons (Fsp3) is 0.667. The van der Waals surface area contributed by atoms with E-state index in [1.165, 1.54) is 30.6 Å². The van der Waals surface area contributed by atoms with Gasteiger partial charge in [-0.3, -0.25) is 0 Å². The molecule has 0 aliphatic carbocycles. The lowest BCUT2D eigenvalue weighted by atomic mass is 9.87. The lowest BCUT2D eigenvalue weighted by molar-refractivity contribution is 0.246. The summed E-state index contributed by atoms with van der Waals surface area (Å²) in [6.07, 6.45) is 3.54. The molecule has 3 heteroatoms. The number of nitrogens with zero attached hydrogens (tertiary/aromatic N) is 2. The van der Waals surface area contributed by atoms with Crippen molar-refractivity contribution in [1.29, 1.82) is 0 Å². The summed E-state index contributed by atoms with van der Waals surface area (Å²) in [4.78, 5) is 4.86. The molecule has 21 heavy (non-hydrogen) atoms. The van der Waals surface area contributed by atoms with Gasteiger partial charge in [-0.15, -0.1) is 0 Å². The minimum Gasteiger partial charge on any atom is -0.376 e. The third kappa shape index (κ3) is 3.18. The first-order valence-corrected chi connectivity index (χ1v) is 8.35. The van der Waals surface area contributed by atoms with E-state index in [1.54, 1.807) is 0 Å². The quantitative estimate of drug-likeness (QED) is 0.895. The Labute approximate surface area is 130 Å². The van der Waals surface area contributed by atoms with Crippen LogP contribution in [0, 0.1) is 0 Å². The fourth-order valence-electron chi connectivity index (χ4n) is 3.41. The van der Waals surface area contributed by atoms with Crippen LogP contribution in [0.3, 0.4) is 0 Å². The van der Waals surface area contributed by atoms with Crippen molar-refractivity contribution < 1.29 is 0 Å². The second-order valence-electron chi connectivity index (χ2n) is 6.44. The topological polar surface area (TPSA) is 18.5 Å². The van der Waals surface area contributed by atoms with Gasteiger partial charge in [-0.05, 0) is 31.4 Å². The molecule has 0 aromatic heterocycles. The zero-order valence-electron chi connectivity index (χ0n) is 14.3. The number of para-hydroxylation sites is 2. The van der Waals surface area contributed by atoms with E-state index in [0.29, 0.717) is 6.04 Å². The van der Waals surface area contributed by atoms with E-state index < -0.39 is 0 Å². The highest BCUT2D eigenvalue weighted by atomic mass is 15.3. The first kappa shape index (κ1) is 16.2. The molecule has 1 unspecified atom stereocenters. The fourth-order valence-corrected chi connectivity index (χ4v) is 3.41. The lowest BCUT2D eigenvalue weighted by Gasteiger charge is -2.49. The third-order valence-corrected chi connectivity index (χ3v) is 5.12. The maximum absolute atomic E-state index is 3.83. The molecule has 0 bridgehead atoms. The van der Waals surface area contributed by atoms with E-state index in [9.17, 15) is 0 Å². The van der Waals surface area contributed by atoms with Crippen molar-refractivity contribution >= 4 is 11.4 Å². The number of benzene rings is 1. The highest BCUT2D eigenvalue weighted by Gasteiger charge is 2.36. The Morgan fingerprint density at radius 3 is 2.43 bits per heavy atom. The van der Waals surface area contributed by atoms with Gasteiger partial charge in [-0.1, -0.05) is 32.9 Å². The number of piperazine rings is 1. The highest BCUT2D eigenvalue weighted by molar-refractivity contribution is 5.71. The number of rotatable bonds is 5. The average Bonchev–Trinajstić information content (AvgIpc) is 2.54. The largest absolute Gasteiger partial charge is 0.376 e. The number of anilines is 2. The molecule has 1 atom stereocenters. The van der Waals surface area contributed by atoms with Gasteiger partial charge in [-0.2, -0.15) is 0 Å². The SMILES string of the molecule is CCC1CNC(CC)(CC)CN1c1ccccc1N(C)C. The second kappa shape index (κ2) is 6.69. The van der Waals surface area contributed by atoms with Gasteiger partial charge in [0, 0.05) is 38.8 Å². The van der Waals surface area contributed by atoms with Crippen LogP contribution in [0.15, 0.2) is 24.3 Å². The van der Waals surface area contributed by atoms with E-state index >= 15 is 0 Å². The van der Waals surface area contributed by atoms with Crippen LogP contribution >= 0.6 is 0 Å². The second-order valence-corrected chi connectivity index (χ2v) is 6.44. The standard InChI is InChI=1S/C18H31N3/c1-6-15-13-19-18(7-2,8-3)14-21(15)17-12-10-9-11-16(17)20(4)5/h9-12,15,19H,6-8,13-14H2,1-5H3. The Kier molecular flexibility index (Phi) is 5.15. The molecule has 1 fully saturated rings. The van der Waals surface area contributed by atoms with Gasteiger partial charge < -0.3 is 15.1 Å². The zero-order chi connectivity index (χ0) is 15.5. The predicted molar refractivity (Wildman–Crippen MR) is 93.5 cm³/mol. The van der Waals surface area contributed by atoms with E-state index in [1.807, 2.05) is 0 Å². The zero-order valence-corrected chi connectivity index (χ0v) is 14.3. The molecule has 1 aromatic carbocycles. The molecule has 0 radical (unpaired) electrons. The molecule has 0 spiro atoms. The molecule has 0 amide bonds. The molecule has 118 valence electrons. The first-order valence-electron chi connectivity index (χ1n) is 8.35. The van der Waals surface area contributed by atoms with Crippen LogP contribution in [0.1, 0.15) is 40.0 Å². The summed E-state index contributed by atoms with van der Waals surface area (Å²) in [6, 6.07) is 9.38. The van der Waals surface area contributed by atoms with Crippen LogP contribution in [0.2, 0.25) is 0 Å². The van der Waals surface area contributed by atoms with Gasteiger partial charge in [0.2, 0.25) is 0 Å². The van der Waals surface area contributed by atoms with Gasteiger partial charge in [-0.25, -0.2) is 0 Å². The summed E-state index contributed by atoms with van der Waals surface area (Å²) in [5, 5.41) is 3.83. The Bertz CT molecular complexity index is 452. The summed E-state index contributed by atoms with van der Waals surface area (Å²) < 4.78 is 0. The van der Waals surface area contributed by atoms with Crippen molar-refractivity contribution in [2.45, 2.75) is 51.6 Å². The van der Waals surface area contributed by atoms with Crippen LogP contribution < -0.4 is 15.1 Å². The molecule has 1 heterocycles. The van der Waals surface area contributed by atoms with Crippen molar-refractivity contribution in [3.05, 3.63) is 24.3 Å². The van der Waals surface area contributed by atoms with E-state index in [0.717, 1.165) is 13.1 Å². The maximum Gasteiger partial charge on any atom is 0.0607 e. The summed E-state index contributed by atoms with van der Waals surface area (Å²) in [5.41, 5.74) is 2.95. The smallest absolute Gasteiger partial charge is 0.0607 e. The summed E-state index contributed by atoms with van der Waals surface area (Å²) in [6.45, 7) is 9.09. The monoisotopic (exact) mass is 289 g/mol. The summed E-state index contributed by atoms with van der Waals surface area (Å²) >= 11 is 0. The predicted octanol–water partition coefficient (Wildman–Crippen LogP) is 3.50. The van der Waals surface area contributed by atoms with Crippen LogP contribution in [0.5, 0.6) is 0 Å². The third-order valence-electron chi connectivity index (χ3n) is 5.12. The van der Waals surface area contributed by atoms with E-state index in [4.69, 9.17) is 0 Å². The van der Waals surface area contributed by atoms with Gasteiger partial charge >= 0.3 is 0 Å². The Morgan fingerprint density at radius 2 is 1.86 bits per heavy atom. The molecular formula is C18H31N3. The molecule has 1 saturated heterocycles. The minimum absolute atomic E-state index is 0.255. The number of hydrogen-bond acceptors (Lipinski definition) is 3. The van der Waals surface area contributed by atoms with Crippen LogP contribution in [0.25, 0.3) is 0 Å². The normalized spacial score (nSPS) is 21.4. The maximum atomic E-state index is 3.83. The summed E-state index contributed by atoms with van der Waals surface area (Å²) in [5.74, 6) is 0. The summed E-state index contributed by atoms with van der Waals surface area (Å²) in [7, 11) is 4.27. The Hall–Kier alpha value is -1.22. The van der Waals surface area contributed by atoms with Gasteiger partial charge in [0.05, 0.1) is 11.4 Å². The van der Waals surface area contributed by atoms with Crippen molar-refractivity contribution in [3.63, 3.8) is 0 Å². The van der Waals surface area contributed by atoms with Gasteiger partial charge in [0.1, 0.15) is 0 Å². The van der Waals surface area contributed by atoms with Crippen molar-refractivity contribution in [3.8, 4) is 0 Å². The van der Waals surface area contributed by atoms with E-state index in [-0.39, 0.29) is 5.54 Å². The molecule has 1 aliphatic rings. The Balaban J connectivity index is 2.38. The van der Waals surface area contributed by atoms with Crippen LogP contribution in [-0.4, -0.2) is 38.8 Å². The molecule has 2 rings (SSSR count).